The monoisotopic (exact) mass is 111 g/mol. The van der Waals surface area contributed by atoms with Crippen molar-refractivity contribution < 1.29 is 0 Å². The zero-order chi connectivity index (χ0) is 3.58. The van der Waals surface area contributed by atoms with Crippen molar-refractivity contribution in [2.75, 3.05) is 0 Å². The van der Waals surface area contributed by atoms with Crippen LogP contribution in [0.5, 0.6) is 0 Å². The second-order valence-electron chi connectivity index (χ2n) is 0.785. The molecular formula is H6ClNSi2. The molecule has 0 saturated carbocycles. The van der Waals surface area contributed by atoms with Crippen LogP contribution >= 0.6 is 11.8 Å². The van der Waals surface area contributed by atoms with Gasteiger partial charge in [-0.1, -0.05) is 0 Å². The van der Waals surface area contributed by atoms with Gasteiger partial charge in [0.2, 0.25) is 0 Å². The Morgan fingerprint density at radius 2 is 1.50 bits per heavy atom. The molecule has 0 atom stereocenters. The van der Waals surface area contributed by atoms with Crippen LogP contribution in [-0.4, -0.2) is 24.6 Å². The second kappa shape index (κ2) is 1.96. The summed E-state index contributed by atoms with van der Waals surface area (Å²) in [5.41, 5.74) is 0. The molecule has 0 aromatic carbocycles. The molecule has 26 valence electrons. The molecule has 0 aliphatic rings. The predicted octanol–water partition coefficient (Wildman–Crippen LogP) is -2.00. The van der Waals surface area contributed by atoms with Gasteiger partial charge < -0.3 is 0 Å². The molecule has 0 saturated heterocycles. The Morgan fingerprint density at radius 3 is 1.50 bits per heavy atom. The number of rotatable bonds is 0. The molecule has 0 spiro atoms. The number of hydrogen-bond donors (Lipinski definition) is 0. The fourth-order valence-corrected chi connectivity index (χ4v) is 0. The molecule has 4 heteroatoms. The van der Waals surface area contributed by atoms with Crippen molar-refractivity contribution in [1.29, 1.82) is 0 Å². The van der Waals surface area contributed by atoms with Gasteiger partial charge in [-0.25, -0.2) is 0 Å². The van der Waals surface area contributed by atoms with Crippen LogP contribution in [0.2, 0.25) is 0 Å². The Kier molecular flexibility index (Phi) is 2.29. The topological polar surface area (TPSA) is 3.24 Å². The molecule has 0 aliphatic heterocycles. The van der Waals surface area contributed by atoms with E-state index in [1.165, 1.54) is 0 Å². The first-order valence-corrected chi connectivity index (χ1v) is 3.19. The van der Waals surface area contributed by atoms with Crippen molar-refractivity contribution >= 4 is 32.6 Å². The van der Waals surface area contributed by atoms with Gasteiger partial charge in [-0.15, -0.1) is 0 Å². The molecule has 0 bridgehead atoms. The summed E-state index contributed by atoms with van der Waals surface area (Å²) in [6, 6.07) is 0. The standard InChI is InChI=1S/ClH6NSi2/c1-2(3)4/h3-4H3. The van der Waals surface area contributed by atoms with E-state index in [4.69, 9.17) is 11.8 Å². The zero-order valence-corrected chi connectivity index (χ0v) is 7.58. The van der Waals surface area contributed by atoms with E-state index in [2.05, 4.69) is 0 Å². The van der Waals surface area contributed by atoms with Gasteiger partial charge in [0.25, 0.3) is 0 Å². The first-order valence-electron chi connectivity index (χ1n) is 1.06. The predicted molar refractivity (Wildman–Crippen MR) is 27.6 cm³/mol. The maximum atomic E-state index is 5.23. The van der Waals surface area contributed by atoms with Crippen molar-refractivity contribution in [2.24, 2.45) is 0 Å². The molecule has 0 unspecified atom stereocenters. The van der Waals surface area contributed by atoms with Crippen LogP contribution in [0.15, 0.2) is 0 Å². The molecule has 1 nitrogen and oxygen atoms in total. The smallest absolute Gasteiger partial charge is 0.0882 e. The van der Waals surface area contributed by atoms with Gasteiger partial charge in [-0.05, 0) is 11.8 Å². The summed E-state index contributed by atoms with van der Waals surface area (Å²) in [5, 5.41) is 0. The van der Waals surface area contributed by atoms with Crippen LogP contribution in [0.1, 0.15) is 0 Å². The lowest BCUT2D eigenvalue weighted by atomic mass is 13.8. The van der Waals surface area contributed by atoms with Crippen molar-refractivity contribution in [3.05, 3.63) is 0 Å². The summed E-state index contributed by atoms with van der Waals surface area (Å²) in [6.07, 6.45) is 0. The number of hydrogen-bond acceptors (Lipinski definition) is 1. The van der Waals surface area contributed by atoms with Gasteiger partial charge in [0, 0.05) is 0 Å². The third-order valence-electron chi connectivity index (χ3n) is 0. The lowest BCUT2D eigenvalue weighted by Gasteiger charge is -1.86. The highest BCUT2D eigenvalue weighted by atomic mass is 35.5. The van der Waals surface area contributed by atoms with Gasteiger partial charge in [-0.2, -0.15) is 0 Å². The van der Waals surface area contributed by atoms with E-state index in [9.17, 15) is 0 Å². The van der Waals surface area contributed by atoms with Crippen LogP contribution in [0.25, 0.3) is 0 Å². The summed E-state index contributed by atoms with van der Waals surface area (Å²) in [5.74, 6) is 0. The molecule has 0 aromatic heterocycles. The van der Waals surface area contributed by atoms with E-state index >= 15 is 0 Å². The number of halogens is 1. The lowest BCUT2D eigenvalue weighted by molar-refractivity contribution is 1.19. The average Bonchev–Trinajstić information content (AvgIpc) is 0.811. The Morgan fingerprint density at radius 1 is 1.50 bits per heavy atom. The molecule has 0 amide bonds. The van der Waals surface area contributed by atoms with E-state index in [0.717, 1.165) is 20.8 Å². The Labute approximate surface area is 37.1 Å². The molecular weight excluding hydrogens is 106 g/mol. The highest BCUT2D eigenvalue weighted by molar-refractivity contribution is 6.44. The zero-order valence-electron chi connectivity index (χ0n) is 2.83. The van der Waals surface area contributed by atoms with E-state index in [-0.39, 0.29) is 0 Å². The number of nitrogens with zero attached hydrogens (tertiary/aromatic N) is 1. The van der Waals surface area contributed by atoms with Crippen molar-refractivity contribution in [2.45, 2.75) is 0 Å². The second-order valence-corrected chi connectivity index (χ2v) is 7.07. The van der Waals surface area contributed by atoms with Crippen molar-refractivity contribution in [3.63, 3.8) is 0 Å². The van der Waals surface area contributed by atoms with Crippen LogP contribution in [0.4, 0.5) is 0 Å². The van der Waals surface area contributed by atoms with Crippen molar-refractivity contribution in [1.82, 2.24) is 3.75 Å². The minimum Gasteiger partial charge on any atom is -0.281 e. The van der Waals surface area contributed by atoms with E-state index in [1.807, 2.05) is 0 Å². The summed E-state index contributed by atoms with van der Waals surface area (Å²) >= 11 is 5.23. The molecule has 0 fully saturated rings. The fourth-order valence-electron chi connectivity index (χ4n) is 0. The largest absolute Gasteiger partial charge is 0.281 e. The third-order valence-corrected chi connectivity index (χ3v) is 0. The minimum atomic E-state index is 1.01. The van der Waals surface area contributed by atoms with Gasteiger partial charge in [0.15, 0.2) is 0 Å². The highest BCUT2D eigenvalue weighted by Gasteiger charge is 1.62. The first-order chi connectivity index (χ1) is 1.73. The molecule has 0 rings (SSSR count). The SMILES string of the molecule is [SiH3]N([SiH3])Cl. The van der Waals surface area contributed by atoms with Gasteiger partial charge in [0.05, 0.1) is 20.8 Å². The van der Waals surface area contributed by atoms with Crippen LogP contribution in [0.3, 0.4) is 0 Å². The molecule has 0 heterocycles. The fraction of sp³-hybridized carbons (Fsp3) is 0. The van der Waals surface area contributed by atoms with E-state index < -0.39 is 0 Å². The summed E-state index contributed by atoms with van der Waals surface area (Å²) < 4.78 is 1.75. The molecule has 0 aliphatic carbocycles. The Hall–Kier alpha value is 0.684. The minimum absolute atomic E-state index is 1.01. The van der Waals surface area contributed by atoms with Crippen molar-refractivity contribution in [3.8, 4) is 0 Å². The molecule has 4 heavy (non-hydrogen) atoms. The lowest BCUT2D eigenvalue weighted by Crippen LogP contribution is -1.96. The van der Waals surface area contributed by atoms with E-state index in [1.54, 1.807) is 3.75 Å². The average molecular weight is 112 g/mol. The van der Waals surface area contributed by atoms with Crippen LogP contribution < -0.4 is 0 Å². The van der Waals surface area contributed by atoms with Gasteiger partial charge in [-0.3, -0.25) is 3.75 Å². The Bertz CT molecular complexity index is 10.8. The summed E-state index contributed by atoms with van der Waals surface area (Å²) in [4.78, 5) is 0. The van der Waals surface area contributed by atoms with Crippen LogP contribution in [0, 0.1) is 0 Å². The summed E-state index contributed by atoms with van der Waals surface area (Å²) in [6.45, 7) is 0. The quantitative estimate of drug-likeness (QED) is 0.258. The molecule has 0 aromatic rings. The third kappa shape index (κ3) is 16.3. The first kappa shape index (κ1) is 4.68. The van der Waals surface area contributed by atoms with E-state index in [0.29, 0.717) is 0 Å². The molecule has 0 N–H and O–H groups in total. The van der Waals surface area contributed by atoms with Crippen LogP contribution in [-0.2, 0) is 0 Å². The van der Waals surface area contributed by atoms with Gasteiger partial charge >= 0.3 is 0 Å². The molecule has 0 radical (unpaired) electrons. The highest BCUT2D eigenvalue weighted by Crippen LogP contribution is 1.67. The normalized spacial score (nSPS) is 10.5. The Balaban J connectivity index is 2.32. The van der Waals surface area contributed by atoms with Gasteiger partial charge in [0.1, 0.15) is 0 Å². The maximum Gasteiger partial charge on any atom is 0.0882 e. The summed E-state index contributed by atoms with van der Waals surface area (Å²) in [7, 11) is 2.02. The maximum absolute atomic E-state index is 5.23.